The van der Waals surface area contributed by atoms with Gasteiger partial charge < -0.3 is 11.1 Å². The van der Waals surface area contributed by atoms with E-state index < -0.39 is 17.6 Å². The van der Waals surface area contributed by atoms with Crippen LogP contribution in [0.5, 0.6) is 0 Å². The van der Waals surface area contributed by atoms with Crippen molar-refractivity contribution in [1.82, 2.24) is 0 Å². The van der Waals surface area contributed by atoms with Gasteiger partial charge in [0.25, 0.3) is 5.91 Å². The quantitative estimate of drug-likeness (QED) is 0.827. The van der Waals surface area contributed by atoms with Crippen molar-refractivity contribution in [3.05, 3.63) is 59.2 Å². The Bertz CT molecular complexity index is 664. The third-order valence-corrected chi connectivity index (χ3v) is 3.01. The van der Waals surface area contributed by atoms with Crippen LogP contribution in [0.15, 0.2) is 42.5 Å². The second-order valence-electron chi connectivity index (χ2n) is 4.60. The smallest absolute Gasteiger partial charge is 0.398 e. The number of carbonyl (C=O) groups is 1. The number of nitrogen functional groups attached to an aromatic ring is 1. The summed E-state index contributed by atoms with van der Waals surface area (Å²) in [5, 5.41) is 2.52. The van der Waals surface area contributed by atoms with Gasteiger partial charge >= 0.3 is 6.18 Å². The van der Waals surface area contributed by atoms with E-state index in [2.05, 4.69) is 5.32 Å². The van der Waals surface area contributed by atoms with Gasteiger partial charge in [0.15, 0.2) is 0 Å². The standard InChI is InChI=1S/C15H13F3N2O/c1-9-2-3-10(8-13(9)19)14(21)20-12-6-4-11(5-7-12)15(16,17)18/h2-8H,19H2,1H3,(H,20,21). The van der Waals surface area contributed by atoms with Crippen LogP contribution in [0.2, 0.25) is 0 Å². The molecule has 2 rings (SSSR count). The minimum absolute atomic E-state index is 0.284. The van der Waals surface area contributed by atoms with Crippen molar-refractivity contribution in [1.29, 1.82) is 0 Å². The summed E-state index contributed by atoms with van der Waals surface area (Å²) < 4.78 is 37.3. The summed E-state index contributed by atoms with van der Waals surface area (Å²) in [5.74, 6) is -0.429. The molecule has 0 heterocycles. The van der Waals surface area contributed by atoms with E-state index in [4.69, 9.17) is 5.73 Å². The first-order valence-corrected chi connectivity index (χ1v) is 6.12. The molecule has 0 atom stereocenters. The van der Waals surface area contributed by atoms with Gasteiger partial charge in [-0.2, -0.15) is 13.2 Å². The number of alkyl halides is 3. The zero-order valence-electron chi connectivity index (χ0n) is 11.2. The largest absolute Gasteiger partial charge is 0.416 e. The lowest BCUT2D eigenvalue weighted by atomic mass is 10.1. The molecule has 0 bridgehead atoms. The molecule has 0 aliphatic carbocycles. The molecule has 6 heteroatoms. The third kappa shape index (κ3) is 3.53. The Morgan fingerprint density at radius 1 is 1.10 bits per heavy atom. The van der Waals surface area contributed by atoms with E-state index in [1.54, 1.807) is 12.1 Å². The predicted octanol–water partition coefficient (Wildman–Crippen LogP) is 3.85. The van der Waals surface area contributed by atoms with Gasteiger partial charge in [-0.05, 0) is 48.9 Å². The van der Waals surface area contributed by atoms with Gasteiger partial charge in [-0.1, -0.05) is 6.07 Å². The number of nitrogens with one attached hydrogen (secondary N) is 1. The van der Waals surface area contributed by atoms with E-state index in [0.717, 1.165) is 17.7 Å². The van der Waals surface area contributed by atoms with Crippen LogP contribution >= 0.6 is 0 Å². The fourth-order valence-electron chi connectivity index (χ4n) is 1.73. The highest BCUT2D eigenvalue weighted by atomic mass is 19.4. The Morgan fingerprint density at radius 3 is 2.24 bits per heavy atom. The summed E-state index contributed by atoms with van der Waals surface area (Å²) >= 11 is 0. The molecular weight excluding hydrogens is 281 g/mol. The van der Waals surface area contributed by atoms with Gasteiger partial charge in [-0.3, -0.25) is 4.79 Å². The Hall–Kier alpha value is -2.50. The summed E-state index contributed by atoms with van der Waals surface area (Å²) in [4.78, 5) is 12.0. The molecule has 1 amide bonds. The highest BCUT2D eigenvalue weighted by Gasteiger charge is 2.29. The summed E-state index contributed by atoms with van der Waals surface area (Å²) in [6.45, 7) is 1.81. The van der Waals surface area contributed by atoms with Crippen LogP contribution in [0.1, 0.15) is 21.5 Å². The number of hydrogen-bond acceptors (Lipinski definition) is 2. The Balaban J connectivity index is 2.14. The van der Waals surface area contributed by atoms with Crippen molar-refractivity contribution in [3.8, 4) is 0 Å². The van der Waals surface area contributed by atoms with Crippen LogP contribution in [0.3, 0.4) is 0 Å². The molecule has 0 unspecified atom stereocenters. The second kappa shape index (κ2) is 5.47. The zero-order valence-corrected chi connectivity index (χ0v) is 11.2. The van der Waals surface area contributed by atoms with E-state index in [9.17, 15) is 18.0 Å². The van der Waals surface area contributed by atoms with Crippen molar-refractivity contribution in [2.75, 3.05) is 11.1 Å². The lowest BCUT2D eigenvalue weighted by Crippen LogP contribution is -2.13. The van der Waals surface area contributed by atoms with Crippen molar-refractivity contribution < 1.29 is 18.0 Å². The van der Waals surface area contributed by atoms with Gasteiger partial charge in [0, 0.05) is 16.9 Å². The molecule has 0 aliphatic heterocycles. The van der Waals surface area contributed by atoms with Crippen LogP contribution in [-0.4, -0.2) is 5.91 Å². The zero-order chi connectivity index (χ0) is 15.6. The molecular formula is C15H13F3N2O. The van der Waals surface area contributed by atoms with Crippen LogP contribution in [0.25, 0.3) is 0 Å². The SMILES string of the molecule is Cc1ccc(C(=O)Nc2ccc(C(F)(F)F)cc2)cc1N. The Labute approximate surface area is 119 Å². The summed E-state index contributed by atoms with van der Waals surface area (Å²) in [6.07, 6.45) is -4.39. The van der Waals surface area contributed by atoms with Gasteiger partial charge in [0.1, 0.15) is 0 Å². The molecule has 3 nitrogen and oxygen atoms in total. The van der Waals surface area contributed by atoms with Crippen LogP contribution < -0.4 is 11.1 Å². The van der Waals surface area contributed by atoms with Gasteiger partial charge in [0.05, 0.1) is 5.56 Å². The predicted molar refractivity (Wildman–Crippen MR) is 75.0 cm³/mol. The molecule has 110 valence electrons. The number of anilines is 2. The average Bonchev–Trinajstić information content (AvgIpc) is 2.41. The first kappa shape index (κ1) is 14.9. The fraction of sp³-hybridized carbons (Fsp3) is 0.133. The van der Waals surface area contributed by atoms with E-state index in [0.29, 0.717) is 11.3 Å². The Kier molecular flexibility index (Phi) is 3.88. The van der Waals surface area contributed by atoms with Crippen molar-refractivity contribution in [2.45, 2.75) is 13.1 Å². The normalized spacial score (nSPS) is 11.2. The van der Waals surface area contributed by atoms with E-state index in [1.807, 2.05) is 6.92 Å². The van der Waals surface area contributed by atoms with Crippen molar-refractivity contribution in [2.24, 2.45) is 0 Å². The molecule has 0 saturated carbocycles. The molecule has 21 heavy (non-hydrogen) atoms. The van der Waals surface area contributed by atoms with Crippen molar-refractivity contribution in [3.63, 3.8) is 0 Å². The number of amides is 1. The van der Waals surface area contributed by atoms with Crippen LogP contribution in [0.4, 0.5) is 24.5 Å². The van der Waals surface area contributed by atoms with E-state index in [1.165, 1.54) is 18.2 Å². The second-order valence-corrected chi connectivity index (χ2v) is 4.60. The number of halogens is 3. The van der Waals surface area contributed by atoms with E-state index >= 15 is 0 Å². The summed E-state index contributed by atoms with van der Waals surface area (Å²) in [7, 11) is 0. The number of carbonyl (C=O) groups excluding carboxylic acids is 1. The first-order valence-electron chi connectivity index (χ1n) is 6.12. The number of rotatable bonds is 2. The van der Waals surface area contributed by atoms with Gasteiger partial charge in [0.2, 0.25) is 0 Å². The highest BCUT2D eigenvalue weighted by Crippen LogP contribution is 2.29. The fourth-order valence-corrected chi connectivity index (χ4v) is 1.73. The average molecular weight is 294 g/mol. The molecule has 0 aromatic heterocycles. The number of aryl methyl sites for hydroxylation is 1. The maximum Gasteiger partial charge on any atom is 0.416 e. The number of benzene rings is 2. The van der Waals surface area contributed by atoms with Crippen LogP contribution in [0, 0.1) is 6.92 Å². The molecule has 0 fully saturated rings. The maximum atomic E-state index is 12.4. The summed E-state index contributed by atoms with van der Waals surface area (Å²) in [6, 6.07) is 9.08. The van der Waals surface area contributed by atoms with E-state index in [-0.39, 0.29) is 5.69 Å². The molecule has 0 aliphatic rings. The highest BCUT2D eigenvalue weighted by molar-refractivity contribution is 6.04. The number of nitrogens with two attached hydrogens (primary N) is 1. The number of hydrogen-bond donors (Lipinski definition) is 2. The Morgan fingerprint density at radius 2 is 1.71 bits per heavy atom. The van der Waals surface area contributed by atoms with Crippen LogP contribution in [-0.2, 0) is 6.18 Å². The molecule has 2 aromatic rings. The summed E-state index contributed by atoms with van der Waals surface area (Å²) in [5.41, 5.74) is 6.91. The lowest BCUT2D eigenvalue weighted by Gasteiger charge is -2.09. The molecule has 3 N–H and O–H groups in total. The monoisotopic (exact) mass is 294 g/mol. The first-order chi connectivity index (χ1) is 9.77. The molecule has 0 radical (unpaired) electrons. The molecule has 2 aromatic carbocycles. The minimum atomic E-state index is -4.39. The van der Waals surface area contributed by atoms with Crippen molar-refractivity contribution >= 4 is 17.3 Å². The third-order valence-electron chi connectivity index (χ3n) is 3.01. The lowest BCUT2D eigenvalue weighted by molar-refractivity contribution is -0.137. The maximum absolute atomic E-state index is 12.4. The van der Waals surface area contributed by atoms with Gasteiger partial charge in [-0.15, -0.1) is 0 Å². The molecule has 0 spiro atoms. The molecule has 0 saturated heterocycles. The van der Waals surface area contributed by atoms with Gasteiger partial charge in [-0.25, -0.2) is 0 Å². The minimum Gasteiger partial charge on any atom is -0.398 e. The topological polar surface area (TPSA) is 55.1 Å².